The molecule has 1 aromatic carbocycles. The molecule has 0 fully saturated rings. The van der Waals surface area contributed by atoms with Gasteiger partial charge in [0.25, 0.3) is 0 Å². The van der Waals surface area contributed by atoms with Crippen LogP contribution in [0.2, 0.25) is 0 Å². The molecular formula is C15H21N3O2S. The summed E-state index contributed by atoms with van der Waals surface area (Å²) in [5, 5.41) is 7.68. The van der Waals surface area contributed by atoms with Crippen LogP contribution in [0.25, 0.3) is 0 Å². The maximum absolute atomic E-state index is 11.8. The van der Waals surface area contributed by atoms with Crippen LogP contribution in [0, 0.1) is 13.8 Å². The fourth-order valence-electron chi connectivity index (χ4n) is 2.34. The highest BCUT2D eigenvalue weighted by Crippen LogP contribution is 2.21. The summed E-state index contributed by atoms with van der Waals surface area (Å²) >= 11 is 0. The van der Waals surface area contributed by atoms with Gasteiger partial charge in [-0.25, -0.2) is 8.42 Å². The zero-order valence-corrected chi connectivity index (χ0v) is 13.6. The van der Waals surface area contributed by atoms with Crippen LogP contribution in [0.15, 0.2) is 35.2 Å². The maximum atomic E-state index is 11.8. The van der Waals surface area contributed by atoms with Crippen molar-refractivity contribution in [2.75, 3.05) is 11.6 Å². The van der Waals surface area contributed by atoms with Gasteiger partial charge >= 0.3 is 0 Å². The number of nitrogens with one attached hydrogen (secondary N) is 1. The number of benzene rings is 1. The second kappa shape index (κ2) is 5.89. The smallest absolute Gasteiger partial charge is 0.177 e. The minimum absolute atomic E-state index is 0.0610. The molecule has 0 unspecified atom stereocenters. The molecule has 0 spiro atoms. The quantitative estimate of drug-likeness (QED) is 0.921. The van der Waals surface area contributed by atoms with E-state index in [0.29, 0.717) is 17.1 Å². The van der Waals surface area contributed by atoms with Crippen LogP contribution in [-0.4, -0.2) is 30.5 Å². The number of nitrogens with zero attached hydrogens (tertiary/aromatic N) is 2. The number of rotatable bonds is 5. The van der Waals surface area contributed by atoms with Crippen molar-refractivity contribution in [1.82, 2.24) is 9.78 Å². The maximum Gasteiger partial charge on any atom is 0.177 e. The Labute approximate surface area is 125 Å². The van der Waals surface area contributed by atoms with Crippen molar-refractivity contribution in [2.24, 2.45) is 0 Å². The molecule has 0 saturated carbocycles. The summed E-state index contributed by atoms with van der Waals surface area (Å²) in [4.78, 5) is 0.324. The molecule has 1 aromatic heterocycles. The number of sulfone groups is 1. The first-order valence-corrected chi connectivity index (χ1v) is 8.73. The topological polar surface area (TPSA) is 64.0 Å². The molecule has 21 heavy (non-hydrogen) atoms. The third-order valence-electron chi connectivity index (χ3n) is 3.24. The first-order valence-electron chi connectivity index (χ1n) is 6.84. The van der Waals surface area contributed by atoms with Crippen molar-refractivity contribution in [3.05, 3.63) is 41.7 Å². The van der Waals surface area contributed by atoms with Crippen LogP contribution in [0.4, 0.5) is 5.69 Å². The number of para-hydroxylation sites is 1. The van der Waals surface area contributed by atoms with Gasteiger partial charge in [-0.2, -0.15) is 5.10 Å². The second-order valence-electron chi connectivity index (χ2n) is 5.42. The van der Waals surface area contributed by atoms with Gasteiger partial charge < -0.3 is 5.32 Å². The standard InChI is InChI=1S/C15H21N3O2S/c1-11-9-13(3)18(17-11)10-12(2)16-14-7-5-6-8-15(14)21(4,19)20/h5-9,12,16H,10H2,1-4H3/t12-/m0/s1. The summed E-state index contributed by atoms with van der Waals surface area (Å²) in [5.41, 5.74) is 2.71. The van der Waals surface area contributed by atoms with Crippen molar-refractivity contribution >= 4 is 15.5 Å². The van der Waals surface area contributed by atoms with Gasteiger partial charge in [0.15, 0.2) is 9.84 Å². The molecule has 0 amide bonds. The van der Waals surface area contributed by atoms with Crippen LogP contribution in [-0.2, 0) is 16.4 Å². The molecule has 1 N–H and O–H groups in total. The second-order valence-corrected chi connectivity index (χ2v) is 7.41. The van der Waals surface area contributed by atoms with Gasteiger partial charge in [-0.15, -0.1) is 0 Å². The molecule has 0 aliphatic rings. The zero-order chi connectivity index (χ0) is 15.6. The van der Waals surface area contributed by atoms with Crippen LogP contribution in [0.3, 0.4) is 0 Å². The molecule has 0 saturated heterocycles. The molecule has 0 radical (unpaired) electrons. The molecule has 2 aromatic rings. The van der Waals surface area contributed by atoms with E-state index in [2.05, 4.69) is 10.4 Å². The van der Waals surface area contributed by atoms with Crippen LogP contribution >= 0.6 is 0 Å². The van der Waals surface area contributed by atoms with Crippen molar-refractivity contribution in [2.45, 2.75) is 38.3 Å². The van der Waals surface area contributed by atoms with Crippen molar-refractivity contribution in [3.8, 4) is 0 Å². The molecule has 1 heterocycles. The largest absolute Gasteiger partial charge is 0.380 e. The predicted molar refractivity (Wildman–Crippen MR) is 84.3 cm³/mol. The van der Waals surface area contributed by atoms with Gasteiger partial charge in [0, 0.05) is 18.0 Å². The van der Waals surface area contributed by atoms with Gasteiger partial charge in [-0.1, -0.05) is 12.1 Å². The molecule has 6 heteroatoms. The fourth-order valence-corrected chi connectivity index (χ4v) is 3.19. The first-order chi connectivity index (χ1) is 9.77. The number of hydrogen-bond acceptors (Lipinski definition) is 4. The summed E-state index contributed by atoms with van der Waals surface area (Å²) in [7, 11) is -3.24. The minimum Gasteiger partial charge on any atom is -0.380 e. The Morgan fingerprint density at radius 1 is 1.29 bits per heavy atom. The molecule has 5 nitrogen and oxygen atoms in total. The van der Waals surface area contributed by atoms with E-state index in [1.807, 2.05) is 37.6 Å². The van der Waals surface area contributed by atoms with Crippen LogP contribution in [0.5, 0.6) is 0 Å². The average molecular weight is 307 g/mol. The lowest BCUT2D eigenvalue weighted by Gasteiger charge is -2.18. The van der Waals surface area contributed by atoms with Crippen molar-refractivity contribution in [1.29, 1.82) is 0 Å². The van der Waals surface area contributed by atoms with E-state index in [1.165, 1.54) is 6.26 Å². The van der Waals surface area contributed by atoms with E-state index in [9.17, 15) is 8.42 Å². The van der Waals surface area contributed by atoms with Gasteiger partial charge in [0.05, 0.1) is 22.8 Å². The first kappa shape index (κ1) is 15.6. The third-order valence-corrected chi connectivity index (χ3v) is 4.39. The van der Waals surface area contributed by atoms with E-state index in [1.54, 1.807) is 18.2 Å². The summed E-state index contributed by atoms with van der Waals surface area (Å²) < 4.78 is 25.5. The highest BCUT2D eigenvalue weighted by molar-refractivity contribution is 7.90. The molecule has 0 aliphatic carbocycles. The summed E-state index contributed by atoms with van der Waals surface area (Å²) in [6, 6.07) is 9.05. The zero-order valence-electron chi connectivity index (χ0n) is 12.8. The average Bonchev–Trinajstić information content (AvgIpc) is 2.67. The Balaban J connectivity index is 2.17. The van der Waals surface area contributed by atoms with Crippen molar-refractivity contribution < 1.29 is 8.42 Å². The summed E-state index contributed by atoms with van der Waals surface area (Å²) in [5.74, 6) is 0. The van der Waals surface area contributed by atoms with Gasteiger partial charge in [0.1, 0.15) is 0 Å². The SMILES string of the molecule is Cc1cc(C)n(C[C@H](C)Nc2ccccc2S(C)(=O)=O)n1. The molecule has 0 bridgehead atoms. The lowest BCUT2D eigenvalue weighted by molar-refractivity contribution is 0.544. The predicted octanol–water partition coefficient (Wildman–Crippen LogP) is 2.40. The van der Waals surface area contributed by atoms with E-state index < -0.39 is 9.84 Å². The Morgan fingerprint density at radius 3 is 2.52 bits per heavy atom. The number of aromatic nitrogens is 2. The molecule has 114 valence electrons. The third kappa shape index (κ3) is 3.85. The van der Waals surface area contributed by atoms with Crippen molar-refractivity contribution in [3.63, 3.8) is 0 Å². The number of hydrogen-bond donors (Lipinski definition) is 1. The van der Waals surface area contributed by atoms with Crippen LogP contribution in [0.1, 0.15) is 18.3 Å². The van der Waals surface area contributed by atoms with Gasteiger partial charge in [0.2, 0.25) is 0 Å². The highest BCUT2D eigenvalue weighted by atomic mass is 32.2. The molecule has 2 rings (SSSR count). The van der Waals surface area contributed by atoms with E-state index >= 15 is 0 Å². The Hall–Kier alpha value is -1.82. The highest BCUT2D eigenvalue weighted by Gasteiger charge is 2.14. The van der Waals surface area contributed by atoms with Crippen LogP contribution < -0.4 is 5.32 Å². The Bertz CT molecular complexity index is 735. The molecular weight excluding hydrogens is 286 g/mol. The Kier molecular flexibility index (Phi) is 4.37. The summed E-state index contributed by atoms with van der Waals surface area (Å²) in [6.07, 6.45) is 1.22. The summed E-state index contributed by atoms with van der Waals surface area (Å²) in [6.45, 7) is 6.66. The molecule has 0 aliphatic heterocycles. The van der Waals surface area contributed by atoms with Gasteiger partial charge in [-0.05, 0) is 39.0 Å². The Morgan fingerprint density at radius 2 is 1.95 bits per heavy atom. The van der Waals surface area contributed by atoms with E-state index in [-0.39, 0.29) is 6.04 Å². The lowest BCUT2D eigenvalue weighted by atomic mass is 10.2. The van der Waals surface area contributed by atoms with E-state index in [0.717, 1.165) is 11.4 Å². The normalized spacial score (nSPS) is 13.1. The van der Waals surface area contributed by atoms with Gasteiger partial charge in [-0.3, -0.25) is 4.68 Å². The monoisotopic (exact) mass is 307 g/mol. The number of aryl methyl sites for hydroxylation is 2. The molecule has 1 atom stereocenters. The number of anilines is 1. The lowest BCUT2D eigenvalue weighted by Crippen LogP contribution is -2.24. The fraction of sp³-hybridized carbons (Fsp3) is 0.400. The minimum atomic E-state index is -3.24. The van der Waals surface area contributed by atoms with E-state index in [4.69, 9.17) is 0 Å².